The maximum atomic E-state index is 5.84. The Balaban J connectivity index is 2.26. The normalized spacial score (nSPS) is 12.2. The largest absolute Gasteiger partial charge is 0.344 e. The van der Waals surface area contributed by atoms with Crippen molar-refractivity contribution in [2.45, 2.75) is 19.4 Å². The van der Waals surface area contributed by atoms with Crippen LogP contribution in [0.25, 0.3) is 0 Å². The summed E-state index contributed by atoms with van der Waals surface area (Å²) in [5.74, 6) is 0. The van der Waals surface area contributed by atoms with Gasteiger partial charge in [0.1, 0.15) is 0 Å². The van der Waals surface area contributed by atoms with Crippen molar-refractivity contribution < 1.29 is 0 Å². The first-order valence-electron chi connectivity index (χ1n) is 6.40. The monoisotopic (exact) mass is 318 g/mol. The van der Waals surface area contributed by atoms with Gasteiger partial charge in [-0.1, -0.05) is 24.3 Å². The first kappa shape index (κ1) is 14.1. The second-order valence-electron chi connectivity index (χ2n) is 4.86. The molecule has 0 heterocycles. The lowest BCUT2D eigenvalue weighted by Crippen LogP contribution is -2.18. The average Bonchev–Trinajstić information content (AvgIpc) is 2.38. The fraction of sp³-hybridized carbons (Fsp3) is 0.250. The fourth-order valence-electron chi connectivity index (χ4n) is 2.11. The minimum atomic E-state index is 0.185. The van der Waals surface area contributed by atoms with Crippen LogP contribution in [0.5, 0.6) is 0 Å². The lowest BCUT2D eigenvalue weighted by Gasteiger charge is -2.21. The molecule has 1 unspecified atom stereocenters. The van der Waals surface area contributed by atoms with Gasteiger partial charge < -0.3 is 10.6 Å². The van der Waals surface area contributed by atoms with E-state index in [0.29, 0.717) is 0 Å². The lowest BCUT2D eigenvalue weighted by atomic mass is 10.1. The standard InChI is InChI=1S/C16H19BrN2/c1-12(18)10-13-8-9-16(15(17)11-13)19(2)14-6-4-3-5-7-14/h3-9,11-12H,10,18H2,1-2H3. The van der Waals surface area contributed by atoms with Crippen LogP contribution in [0.1, 0.15) is 12.5 Å². The van der Waals surface area contributed by atoms with E-state index >= 15 is 0 Å². The lowest BCUT2D eigenvalue weighted by molar-refractivity contribution is 0.738. The molecule has 19 heavy (non-hydrogen) atoms. The van der Waals surface area contributed by atoms with E-state index in [1.807, 2.05) is 25.1 Å². The average molecular weight is 319 g/mol. The number of para-hydroxylation sites is 1. The Morgan fingerprint density at radius 1 is 1.16 bits per heavy atom. The third-order valence-electron chi connectivity index (χ3n) is 3.07. The summed E-state index contributed by atoms with van der Waals surface area (Å²) in [7, 11) is 2.07. The molecule has 0 aliphatic rings. The summed E-state index contributed by atoms with van der Waals surface area (Å²) < 4.78 is 1.09. The zero-order chi connectivity index (χ0) is 13.8. The number of nitrogens with zero attached hydrogens (tertiary/aromatic N) is 1. The number of nitrogens with two attached hydrogens (primary N) is 1. The first-order valence-corrected chi connectivity index (χ1v) is 7.20. The van der Waals surface area contributed by atoms with Crippen LogP contribution >= 0.6 is 15.9 Å². The highest BCUT2D eigenvalue weighted by Gasteiger charge is 2.09. The highest BCUT2D eigenvalue weighted by Crippen LogP contribution is 2.31. The summed E-state index contributed by atoms with van der Waals surface area (Å²) in [5.41, 5.74) is 9.42. The topological polar surface area (TPSA) is 29.3 Å². The molecule has 0 saturated carbocycles. The summed E-state index contributed by atoms with van der Waals surface area (Å²) in [6.45, 7) is 2.03. The summed E-state index contributed by atoms with van der Waals surface area (Å²) in [5, 5.41) is 0. The van der Waals surface area contributed by atoms with Gasteiger partial charge in [0, 0.05) is 23.2 Å². The van der Waals surface area contributed by atoms with E-state index in [2.05, 4.69) is 58.2 Å². The molecular weight excluding hydrogens is 300 g/mol. The van der Waals surface area contributed by atoms with Crippen molar-refractivity contribution in [3.05, 3.63) is 58.6 Å². The Hall–Kier alpha value is -1.32. The number of benzene rings is 2. The molecule has 2 nitrogen and oxygen atoms in total. The Bertz CT molecular complexity index is 538. The quantitative estimate of drug-likeness (QED) is 0.919. The molecule has 3 heteroatoms. The summed E-state index contributed by atoms with van der Waals surface area (Å²) in [4.78, 5) is 2.17. The van der Waals surface area contributed by atoms with Gasteiger partial charge in [-0.05, 0) is 59.1 Å². The third kappa shape index (κ3) is 3.58. The van der Waals surface area contributed by atoms with Gasteiger partial charge in [0.15, 0.2) is 0 Å². The highest BCUT2D eigenvalue weighted by molar-refractivity contribution is 9.10. The first-order chi connectivity index (χ1) is 9.08. The molecule has 1 atom stereocenters. The van der Waals surface area contributed by atoms with E-state index in [4.69, 9.17) is 5.73 Å². The zero-order valence-corrected chi connectivity index (χ0v) is 12.9. The number of hydrogen-bond acceptors (Lipinski definition) is 2. The molecule has 0 radical (unpaired) electrons. The second-order valence-corrected chi connectivity index (χ2v) is 5.72. The minimum Gasteiger partial charge on any atom is -0.344 e. The van der Waals surface area contributed by atoms with Crippen LogP contribution in [0.3, 0.4) is 0 Å². The summed E-state index contributed by atoms with van der Waals surface area (Å²) >= 11 is 3.65. The van der Waals surface area contributed by atoms with E-state index in [9.17, 15) is 0 Å². The van der Waals surface area contributed by atoms with Gasteiger partial charge in [0.25, 0.3) is 0 Å². The van der Waals surface area contributed by atoms with Crippen molar-refractivity contribution in [3.8, 4) is 0 Å². The molecule has 0 aromatic heterocycles. The summed E-state index contributed by atoms with van der Waals surface area (Å²) in [6, 6.07) is 16.9. The molecule has 2 rings (SSSR count). The van der Waals surface area contributed by atoms with Crippen LogP contribution < -0.4 is 10.6 Å². The molecule has 100 valence electrons. The molecule has 0 amide bonds. The maximum absolute atomic E-state index is 5.84. The zero-order valence-electron chi connectivity index (χ0n) is 11.3. The maximum Gasteiger partial charge on any atom is 0.0552 e. The third-order valence-corrected chi connectivity index (χ3v) is 3.71. The molecule has 0 fully saturated rings. The fourth-order valence-corrected chi connectivity index (χ4v) is 2.80. The van der Waals surface area contributed by atoms with Crippen LogP contribution in [-0.2, 0) is 6.42 Å². The van der Waals surface area contributed by atoms with Crippen LogP contribution in [0.4, 0.5) is 11.4 Å². The minimum absolute atomic E-state index is 0.185. The van der Waals surface area contributed by atoms with E-state index in [-0.39, 0.29) is 6.04 Å². The van der Waals surface area contributed by atoms with Gasteiger partial charge in [0.2, 0.25) is 0 Å². The molecule has 0 saturated heterocycles. The van der Waals surface area contributed by atoms with Crippen LogP contribution in [0.15, 0.2) is 53.0 Å². The Morgan fingerprint density at radius 2 is 1.84 bits per heavy atom. The number of rotatable bonds is 4. The van der Waals surface area contributed by atoms with Crippen molar-refractivity contribution in [1.29, 1.82) is 0 Å². The molecule has 0 bridgehead atoms. The van der Waals surface area contributed by atoms with Crippen LogP contribution in [-0.4, -0.2) is 13.1 Å². The van der Waals surface area contributed by atoms with Crippen molar-refractivity contribution in [2.24, 2.45) is 5.73 Å². The van der Waals surface area contributed by atoms with Gasteiger partial charge in [-0.2, -0.15) is 0 Å². The summed E-state index contributed by atoms with van der Waals surface area (Å²) in [6.07, 6.45) is 0.897. The Kier molecular flexibility index (Phi) is 4.61. The molecule has 0 spiro atoms. The van der Waals surface area contributed by atoms with E-state index in [1.54, 1.807) is 0 Å². The van der Waals surface area contributed by atoms with E-state index < -0.39 is 0 Å². The predicted octanol–water partition coefficient (Wildman–Crippen LogP) is 4.11. The van der Waals surface area contributed by atoms with E-state index in [0.717, 1.165) is 16.6 Å². The Morgan fingerprint density at radius 3 is 2.42 bits per heavy atom. The highest BCUT2D eigenvalue weighted by atomic mass is 79.9. The SMILES string of the molecule is CC(N)Cc1ccc(N(C)c2ccccc2)c(Br)c1. The van der Waals surface area contributed by atoms with Crippen LogP contribution in [0, 0.1) is 0 Å². The van der Waals surface area contributed by atoms with Gasteiger partial charge >= 0.3 is 0 Å². The number of halogens is 1. The van der Waals surface area contributed by atoms with Gasteiger partial charge in [0.05, 0.1) is 5.69 Å². The molecule has 2 N–H and O–H groups in total. The smallest absolute Gasteiger partial charge is 0.0552 e. The molecule has 0 aliphatic carbocycles. The Labute approximate surface area is 123 Å². The predicted molar refractivity (Wildman–Crippen MR) is 86.0 cm³/mol. The van der Waals surface area contributed by atoms with Crippen molar-refractivity contribution in [3.63, 3.8) is 0 Å². The number of anilines is 2. The van der Waals surface area contributed by atoms with Gasteiger partial charge in [-0.15, -0.1) is 0 Å². The number of hydrogen-bond donors (Lipinski definition) is 1. The van der Waals surface area contributed by atoms with Crippen LogP contribution in [0.2, 0.25) is 0 Å². The van der Waals surface area contributed by atoms with Gasteiger partial charge in [-0.3, -0.25) is 0 Å². The van der Waals surface area contributed by atoms with Gasteiger partial charge in [-0.25, -0.2) is 0 Å². The van der Waals surface area contributed by atoms with Crippen molar-refractivity contribution in [2.75, 3.05) is 11.9 Å². The van der Waals surface area contributed by atoms with Crippen molar-refractivity contribution in [1.82, 2.24) is 0 Å². The molecule has 2 aromatic rings. The second kappa shape index (κ2) is 6.22. The molecular formula is C16H19BrN2. The molecule has 2 aromatic carbocycles. The van der Waals surface area contributed by atoms with E-state index in [1.165, 1.54) is 11.3 Å². The van der Waals surface area contributed by atoms with Crippen molar-refractivity contribution >= 4 is 27.3 Å². The molecule has 0 aliphatic heterocycles.